The van der Waals surface area contributed by atoms with Crippen LogP contribution in [0, 0.1) is 5.92 Å². The lowest BCUT2D eigenvalue weighted by atomic mass is 9.79. The lowest BCUT2D eigenvalue weighted by Crippen LogP contribution is -2.33. The maximum Gasteiger partial charge on any atom is 0.317 e. The van der Waals surface area contributed by atoms with Gasteiger partial charge in [-0.3, -0.25) is 9.59 Å². The van der Waals surface area contributed by atoms with Gasteiger partial charge in [-0.2, -0.15) is 0 Å². The number of esters is 2. The molecule has 1 aromatic carbocycles. The Bertz CT molecular complexity index is 951. The lowest BCUT2D eigenvalue weighted by molar-refractivity contribution is -0.155. The van der Waals surface area contributed by atoms with Gasteiger partial charge in [0.1, 0.15) is 11.7 Å². The molecule has 5 nitrogen and oxygen atoms in total. The molecule has 1 aliphatic rings. The van der Waals surface area contributed by atoms with Crippen molar-refractivity contribution in [2.45, 2.75) is 18.8 Å². The third-order valence-corrected chi connectivity index (χ3v) is 5.89. The van der Waals surface area contributed by atoms with E-state index in [1.807, 2.05) is 18.2 Å². The Morgan fingerprint density at radius 1 is 1.17 bits per heavy atom. The fraction of sp³-hybridized carbons (Fsp3) is 0.333. The third-order valence-electron chi connectivity index (χ3n) is 4.68. The topological polar surface area (TPSA) is 65.7 Å². The van der Waals surface area contributed by atoms with E-state index in [0.717, 1.165) is 25.9 Å². The Labute approximate surface area is 142 Å². The van der Waals surface area contributed by atoms with Crippen LogP contribution in [0.15, 0.2) is 28.7 Å². The maximum absolute atomic E-state index is 12.3. The van der Waals surface area contributed by atoms with Crippen LogP contribution in [0.1, 0.15) is 23.7 Å². The summed E-state index contributed by atoms with van der Waals surface area (Å²) in [7, 11) is 2.66. The van der Waals surface area contributed by atoms with Gasteiger partial charge >= 0.3 is 11.9 Å². The van der Waals surface area contributed by atoms with E-state index in [1.54, 1.807) is 11.3 Å². The molecule has 0 radical (unpaired) electrons. The van der Waals surface area contributed by atoms with E-state index in [4.69, 9.17) is 13.9 Å². The van der Waals surface area contributed by atoms with Gasteiger partial charge in [0.15, 0.2) is 5.58 Å². The average molecular weight is 344 g/mol. The van der Waals surface area contributed by atoms with E-state index >= 15 is 0 Å². The number of aryl methyl sites for hydroxylation is 1. The van der Waals surface area contributed by atoms with Crippen molar-refractivity contribution in [1.29, 1.82) is 0 Å². The van der Waals surface area contributed by atoms with E-state index in [1.165, 1.54) is 14.2 Å². The van der Waals surface area contributed by atoms with E-state index in [0.29, 0.717) is 18.6 Å². The number of carbonyl (C=O) groups excluding carboxylic acids is 2. The number of thiophene rings is 1. The summed E-state index contributed by atoms with van der Waals surface area (Å²) in [6, 6.07) is 8.02. The van der Waals surface area contributed by atoms with Gasteiger partial charge in [-0.05, 0) is 25.0 Å². The van der Waals surface area contributed by atoms with Crippen molar-refractivity contribution < 1.29 is 23.5 Å². The lowest BCUT2D eigenvalue weighted by Gasteiger charge is -2.26. The molecule has 0 spiro atoms. The van der Waals surface area contributed by atoms with E-state index < -0.39 is 23.8 Å². The highest BCUT2D eigenvalue weighted by molar-refractivity contribution is 7.25. The summed E-state index contributed by atoms with van der Waals surface area (Å²) >= 11 is 1.66. The molecule has 3 aromatic rings. The number of benzene rings is 1. The summed E-state index contributed by atoms with van der Waals surface area (Å²) in [5.74, 6) is -1.63. The van der Waals surface area contributed by atoms with Crippen LogP contribution in [0.5, 0.6) is 0 Å². The summed E-state index contributed by atoms with van der Waals surface area (Å²) in [6.45, 7) is 0. The Hall–Kier alpha value is -2.34. The van der Waals surface area contributed by atoms with Gasteiger partial charge in [-0.1, -0.05) is 12.1 Å². The predicted molar refractivity (Wildman–Crippen MR) is 90.2 cm³/mol. The highest BCUT2D eigenvalue weighted by Crippen LogP contribution is 2.47. The second-order valence-electron chi connectivity index (χ2n) is 5.87. The predicted octanol–water partition coefficient (Wildman–Crippen LogP) is 3.64. The Balaban J connectivity index is 1.93. The first-order valence-electron chi connectivity index (χ1n) is 7.74. The molecule has 0 saturated carbocycles. The smallest absolute Gasteiger partial charge is 0.317 e. The van der Waals surface area contributed by atoms with E-state index in [-0.39, 0.29) is 0 Å². The van der Waals surface area contributed by atoms with E-state index in [9.17, 15) is 9.59 Å². The zero-order chi connectivity index (χ0) is 16.8. The number of carbonyl (C=O) groups is 2. The van der Waals surface area contributed by atoms with Crippen LogP contribution in [-0.4, -0.2) is 26.2 Å². The van der Waals surface area contributed by atoms with Gasteiger partial charge in [0.05, 0.1) is 24.8 Å². The molecule has 0 fully saturated rings. The zero-order valence-corrected chi connectivity index (χ0v) is 14.1. The minimum Gasteiger partial charge on any atom is -0.469 e. The summed E-state index contributed by atoms with van der Waals surface area (Å²) in [5.41, 5.74) is 1.81. The first-order valence-corrected chi connectivity index (χ1v) is 8.55. The normalized spacial score (nSPS) is 20.1. The van der Waals surface area contributed by atoms with Gasteiger partial charge in [0.25, 0.3) is 0 Å². The number of ether oxygens (including phenoxy) is 2. The van der Waals surface area contributed by atoms with Crippen molar-refractivity contribution in [3.05, 3.63) is 35.6 Å². The number of furan rings is 1. The molecule has 0 N–H and O–H groups in total. The summed E-state index contributed by atoms with van der Waals surface area (Å²) in [4.78, 5) is 24.4. The highest BCUT2D eigenvalue weighted by atomic mass is 32.1. The van der Waals surface area contributed by atoms with Crippen LogP contribution >= 0.6 is 11.3 Å². The van der Waals surface area contributed by atoms with E-state index in [2.05, 4.69) is 6.07 Å². The van der Waals surface area contributed by atoms with Gasteiger partial charge in [-0.25, -0.2) is 0 Å². The Kier molecular flexibility index (Phi) is 3.57. The third kappa shape index (κ3) is 2.06. The fourth-order valence-corrected chi connectivity index (χ4v) is 4.75. The van der Waals surface area contributed by atoms with Crippen LogP contribution < -0.4 is 0 Å². The van der Waals surface area contributed by atoms with Crippen molar-refractivity contribution >= 4 is 43.6 Å². The van der Waals surface area contributed by atoms with Crippen LogP contribution in [0.4, 0.5) is 0 Å². The van der Waals surface area contributed by atoms with Crippen LogP contribution in [0.3, 0.4) is 0 Å². The van der Waals surface area contributed by atoms with Crippen molar-refractivity contribution in [2.75, 3.05) is 14.2 Å². The molecule has 4 rings (SSSR count). The first kappa shape index (κ1) is 15.2. The number of fused-ring (bicyclic) bond motifs is 5. The summed E-state index contributed by atoms with van der Waals surface area (Å²) in [6.07, 6.45) is 1.23. The fourth-order valence-electron chi connectivity index (χ4n) is 3.55. The number of hydrogen-bond donors (Lipinski definition) is 0. The molecule has 24 heavy (non-hydrogen) atoms. The van der Waals surface area contributed by atoms with Crippen molar-refractivity contribution in [3.63, 3.8) is 0 Å². The molecule has 2 atom stereocenters. The molecule has 0 unspecified atom stereocenters. The van der Waals surface area contributed by atoms with Gasteiger partial charge < -0.3 is 13.9 Å². The zero-order valence-electron chi connectivity index (χ0n) is 13.3. The first-order chi connectivity index (χ1) is 11.7. The largest absolute Gasteiger partial charge is 0.469 e. The average Bonchev–Trinajstić information content (AvgIpc) is 3.15. The molecule has 0 saturated heterocycles. The monoisotopic (exact) mass is 344 g/mol. The molecule has 1 aliphatic carbocycles. The molecule has 2 aromatic heterocycles. The number of hydrogen-bond acceptors (Lipinski definition) is 6. The standard InChI is InChI=1S/C18H16O5S/c1-21-17(19)10-7-8-11-14(13(10)18(20)22-2)23-15-9-5-3-4-6-12(9)24-16(11)15/h3-6,10,13H,7-8H2,1-2H3/t10-,13-/m0/s1. The second kappa shape index (κ2) is 5.63. The molecule has 124 valence electrons. The summed E-state index contributed by atoms with van der Waals surface area (Å²) in [5, 5.41) is 1.03. The second-order valence-corrected chi connectivity index (χ2v) is 6.92. The van der Waals surface area contributed by atoms with Crippen molar-refractivity contribution in [3.8, 4) is 0 Å². The molecular formula is C18H16O5S. The molecule has 6 heteroatoms. The molecule has 0 bridgehead atoms. The van der Waals surface area contributed by atoms with Crippen LogP contribution in [-0.2, 0) is 25.5 Å². The van der Waals surface area contributed by atoms with Crippen molar-refractivity contribution in [1.82, 2.24) is 0 Å². The summed E-state index contributed by atoms with van der Waals surface area (Å²) < 4.78 is 18.1. The van der Waals surface area contributed by atoms with Gasteiger partial charge in [-0.15, -0.1) is 11.3 Å². The van der Waals surface area contributed by atoms with Gasteiger partial charge in [0, 0.05) is 15.6 Å². The minimum absolute atomic E-state index is 0.402. The molecular weight excluding hydrogens is 328 g/mol. The molecule has 2 heterocycles. The quantitative estimate of drug-likeness (QED) is 0.664. The van der Waals surface area contributed by atoms with Crippen LogP contribution in [0.2, 0.25) is 0 Å². The van der Waals surface area contributed by atoms with Crippen molar-refractivity contribution in [2.24, 2.45) is 5.92 Å². The van der Waals surface area contributed by atoms with Crippen LogP contribution in [0.25, 0.3) is 20.4 Å². The number of rotatable bonds is 2. The Morgan fingerprint density at radius 2 is 1.92 bits per heavy atom. The molecule has 0 aliphatic heterocycles. The minimum atomic E-state index is -0.746. The number of methoxy groups -OCH3 is 2. The Morgan fingerprint density at radius 3 is 2.67 bits per heavy atom. The highest BCUT2D eigenvalue weighted by Gasteiger charge is 2.44. The van der Waals surface area contributed by atoms with Gasteiger partial charge in [0.2, 0.25) is 0 Å². The molecule has 0 amide bonds. The SMILES string of the molecule is COC(=O)[C@H]1CCc2c(oc3c2sc2ccccc23)[C@H]1C(=O)OC. The maximum atomic E-state index is 12.3.